The van der Waals surface area contributed by atoms with E-state index in [4.69, 9.17) is 16.3 Å². The van der Waals surface area contributed by atoms with Crippen molar-refractivity contribution in [3.63, 3.8) is 0 Å². The average molecular weight is 467 g/mol. The number of ether oxygens (including phenoxy) is 1. The van der Waals surface area contributed by atoms with Crippen LogP contribution in [0.3, 0.4) is 0 Å². The third-order valence-electron chi connectivity index (χ3n) is 4.36. The first-order chi connectivity index (χ1) is 13.4. The zero-order valence-corrected chi connectivity index (χ0v) is 17.9. The zero-order valence-electron chi connectivity index (χ0n) is 15.6. The second kappa shape index (κ2) is 8.84. The minimum Gasteiger partial charge on any atom is -0.491 e. The maximum Gasteiger partial charge on any atom is 0.246 e. The number of carbonyl (C=O) groups is 2. The van der Waals surface area contributed by atoms with E-state index in [0.717, 1.165) is 0 Å². The molecule has 1 aliphatic rings. The monoisotopic (exact) mass is 465 g/mol. The molecule has 3 rings (SSSR count). The largest absolute Gasteiger partial charge is 0.491 e. The van der Waals surface area contributed by atoms with Gasteiger partial charge in [-0.25, -0.2) is 0 Å². The molecule has 0 spiro atoms. The summed E-state index contributed by atoms with van der Waals surface area (Å²) in [6, 6.07) is 10.5. The number of carbonyl (C=O) groups excluding carboxylic acids is 2. The van der Waals surface area contributed by atoms with Crippen molar-refractivity contribution in [3.8, 4) is 5.75 Å². The molecule has 28 heavy (non-hydrogen) atoms. The summed E-state index contributed by atoms with van der Waals surface area (Å²) >= 11 is 9.59. The maximum absolute atomic E-state index is 13.1. The smallest absolute Gasteiger partial charge is 0.246 e. The summed E-state index contributed by atoms with van der Waals surface area (Å²) in [7, 11) is 0. The number of anilines is 3. The summed E-state index contributed by atoms with van der Waals surface area (Å²) in [6.45, 7) is 4.25. The van der Waals surface area contributed by atoms with Gasteiger partial charge in [-0.15, -0.1) is 0 Å². The number of fused-ring (bicyclic) bond motifs is 1. The number of benzene rings is 2. The molecule has 1 heterocycles. The molecule has 0 bridgehead atoms. The first-order valence-electron chi connectivity index (χ1n) is 8.97. The molecule has 2 amide bonds. The number of amides is 2. The van der Waals surface area contributed by atoms with Crippen LogP contribution in [0.4, 0.5) is 17.1 Å². The van der Waals surface area contributed by atoms with Crippen molar-refractivity contribution in [2.75, 3.05) is 28.7 Å². The van der Waals surface area contributed by atoms with Crippen molar-refractivity contribution in [1.29, 1.82) is 0 Å². The van der Waals surface area contributed by atoms with Crippen molar-refractivity contribution < 1.29 is 14.3 Å². The van der Waals surface area contributed by atoms with Gasteiger partial charge in [-0.05, 0) is 54.0 Å². The Bertz CT molecular complexity index is 906. The van der Waals surface area contributed by atoms with E-state index in [1.807, 2.05) is 32.0 Å². The van der Waals surface area contributed by atoms with E-state index in [9.17, 15) is 9.59 Å². The Morgan fingerprint density at radius 3 is 2.89 bits per heavy atom. The maximum atomic E-state index is 13.1. The molecule has 1 atom stereocenters. The van der Waals surface area contributed by atoms with Crippen molar-refractivity contribution in [3.05, 3.63) is 45.9 Å². The van der Waals surface area contributed by atoms with E-state index in [2.05, 4.69) is 26.6 Å². The summed E-state index contributed by atoms with van der Waals surface area (Å²) in [5.74, 6) is 0.330. The average Bonchev–Trinajstić information content (AvgIpc) is 2.76. The van der Waals surface area contributed by atoms with Crippen LogP contribution in [0, 0.1) is 0 Å². The highest BCUT2D eigenvalue weighted by atomic mass is 79.9. The molecule has 6 nitrogen and oxygen atoms in total. The fourth-order valence-electron chi connectivity index (χ4n) is 3.21. The van der Waals surface area contributed by atoms with Gasteiger partial charge in [0.1, 0.15) is 0 Å². The molecule has 148 valence electrons. The number of rotatable bonds is 5. The Morgan fingerprint density at radius 2 is 2.14 bits per heavy atom. The molecule has 0 saturated heterocycles. The van der Waals surface area contributed by atoms with E-state index in [-0.39, 0.29) is 30.8 Å². The second-order valence-electron chi connectivity index (χ2n) is 6.43. The molecule has 2 aromatic rings. The predicted octanol–water partition coefficient (Wildman–Crippen LogP) is 4.68. The Morgan fingerprint density at radius 1 is 1.39 bits per heavy atom. The molecular formula is C20H21BrClN3O3. The van der Waals surface area contributed by atoms with Crippen LogP contribution in [0.2, 0.25) is 5.02 Å². The van der Waals surface area contributed by atoms with Gasteiger partial charge in [-0.2, -0.15) is 0 Å². The predicted molar refractivity (Wildman–Crippen MR) is 115 cm³/mol. The van der Waals surface area contributed by atoms with Crippen LogP contribution in [0.25, 0.3) is 0 Å². The van der Waals surface area contributed by atoms with Gasteiger partial charge in [0.15, 0.2) is 5.75 Å². The van der Waals surface area contributed by atoms with Gasteiger partial charge in [-0.3, -0.25) is 9.59 Å². The molecule has 0 saturated carbocycles. The molecular weight excluding hydrogens is 446 g/mol. The van der Waals surface area contributed by atoms with Crippen LogP contribution in [0.5, 0.6) is 5.75 Å². The van der Waals surface area contributed by atoms with Crippen molar-refractivity contribution in [1.82, 2.24) is 0 Å². The third kappa shape index (κ3) is 4.42. The van der Waals surface area contributed by atoms with Crippen molar-refractivity contribution >= 4 is 56.4 Å². The number of halogens is 2. The Balaban J connectivity index is 1.85. The van der Waals surface area contributed by atoms with Gasteiger partial charge in [0.05, 0.1) is 34.7 Å². The first-order valence-corrected chi connectivity index (χ1v) is 10.1. The van der Waals surface area contributed by atoms with Gasteiger partial charge in [-0.1, -0.05) is 23.7 Å². The van der Waals surface area contributed by atoms with Crippen LogP contribution in [-0.2, 0) is 9.59 Å². The lowest BCUT2D eigenvalue weighted by Gasteiger charge is -2.28. The summed E-state index contributed by atoms with van der Waals surface area (Å²) in [4.78, 5) is 26.8. The minimum atomic E-state index is -0.268. The van der Waals surface area contributed by atoms with Crippen molar-refractivity contribution in [2.24, 2.45) is 0 Å². The highest BCUT2D eigenvalue weighted by Gasteiger charge is 2.29. The lowest BCUT2D eigenvalue weighted by Crippen LogP contribution is -2.42. The first kappa shape index (κ1) is 20.5. The van der Waals surface area contributed by atoms with Gasteiger partial charge in [0, 0.05) is 17.5 Å². The molecule has 0 aliphatic carbocycles. The number of para-hydroxylation sites is 2. The van der Waals surface area contributed by atoms with Gasteiger partial charge in [0.2, 0.25) is 11.8 Å². The number of nitrogens with one attached hydrogen (secondary N) is 2. The van der Waals surface area contributed by atoms with Gasteiger partial charge in [0.25, 0.3) is 0 Å². The lowest BCUT2D eigenvalue weighted by molar-refractivity contribution is -0.118. The minimum absolute atomic E-state index is 0.0275. The fourth-order valence-corrected chi connectivity index (χ4v) is 4.13. The highest BCUT2D eigenvalue weighted by Crippen LogP contribution is 2.37. The number of hydrogen-bond donors (Lipinski definition) is 2. The quantitative estimate of drug-likeness (QED) is 0.671. The van der Waals surface area contributed by atoms with Gasteiger partial charge >= 0.3 is 0 Å². The normalized spacial score (nSPS) is 16.1. The van der Waals surface area contributed by atoms with E-state index in [0.29, 0.717) is 38.9 Å². The summed E-state index contributed by atoms with van der Waals surface area (Å²) in [5.41, 5.74) is 1.94. The summed E-state index contributed by atoms with van der Waals surface area (Å²) in [5, 5.41) is 6.50. The molecule has 0 radical (unpaired) electrons. The standard InChI is InChI=1S/C20H21BrClN3O3/c1-3-28-20-14(21)9-13(22)10-16(20)23-11-19(27)25-12(2)8-18(26)24-15-6-4-5-7-17(15)25/h4-7,9-10,12,23H,3,8,11H2,1-2H3,(H,24,26). The fraction of sp³-hybridized carbons (Fsp3) is 0.300. The third-order valence-corrected chi connectivity index (χ3v) is 5.16. The highest BCUT2D eigenvalue weighted by molar-refractivity contribution is 9.10. The van der Waals surface area contributed by atoms with Crippen LogP contribution in [-0.4, -0.2) is 31.0 Å². The Hall–Kier alpha value is -2.25. The molecule has 0 aromatic heterocycles. The molecule has 2 N–H and O–H groups in total. The van der Waals surface area contributed by atoms with Crippen LogP contribution in [0.1, 0.15) is 20.3 Å². The molecule has 1 unspecified atom stereocenters. The molecule has 1 aliphatic heterocycles. The molecule has 0 fully saturated rings. The van der Waals surface area contributed by atoms with Crippen LogP contribution in [0.15, 0.2) is 40.9 Å². The zero-order chi connectivity index (χ0) is 20.3. The van der Waals surface area contributed by atoms with Crippen LogP contribution < -0.4 is 20.3 Å². The second-order valence-corrected chi connectivity index (χ2v) is 7.72. The number of hydrogen-bond acceptors (Lipinski definition) is 4. The molecule has 8 heteroatoms. The van der Waals surface area contributed by atoms with Gasteiger partial charge < -0.3 is 20.3 Å². The van der Waals surface area contributed by atoms with E-state index >= 15 is 0 Å². The Kier molecular flexibility index (Phi) is 6.46. The van der Waals surface area contributed by atoms with Crippen LogP contribution >= 0.6 is 27.5 Å². The van der Waals surface area contributed by atoms with E-state index in [1.165, 1.54) is 0 Å². The topological polar surface area (TPSA) is 70.7 Å². The van der Waals surface area contributed by atoms with E-state index < -0.39 is 0 Å². The molecule has 2 aromatic carbocycles. The number of nitrogens with zero attached hydrogens (tertiary/aromatic N) is 1. The summed E-state index contributed by atoms with van der Waals surface area (Å²) < 4.78 is 6.37. The Labute approximate surface area is 177 Å². The SMILES string of the molecule is CCOc1c(Br)cc(Cl)cc1NCC(=O)N1c2ccccc2NC(=O)CC1C. The van der Waals surface area contributed by atoms with E-state index in [1.54, 1.807) is 23.1 Å². The van der Waals surface area contributed by atoms with Crippen molar-refractivity contribution in [2.45, 2.75) is 26.3 Å². The lowest BCUT2D eigenvalue weighted by atomic mass is 10.1. The summed E-state index contributed by atoms with van der Waals surface area (Å²) in [6.07, 6.45) is 0.229.